The predicted molar refractivity (Wildman–Crippen MR) is 140 cm³/mol. The summed E-state index contributed by atoms with van der Waals surface area (Å²) in [5.74, 6) is 0.964. The van der Waals surface area contributed by atoms with Gasteiger partial charge >= 0.3 is 0 Å². The lowest BCUT2D eigenvalue weighted by molar-refractivity contribution is -0.148. The normalized spacial score (nSPS) is 18.6. The molecule has 1 aliphatic carbocycles. The molecule has 12 heteroatoms. The number of anilines is 4. The van der Waals surface area contributed by atoms with E-state index in [0.717, 1.165) is 34.1 Å². The van der Waals surface area contributed by atoms with Crippen molar-refractivity contribution in [3.8, 4) is 11.5 Å². The van der Waals surface area contributed by atoms with Crippen molar-refractivity contribution in [2.45, 2.75) is 12.1 Å². The Morgan fingerprint density at radius 1 is 0.579 bits per heavy atom. The molecular formula is C26H32N4O8. The van der Waals surface area contributed by atoms with Crippen molar-refractivity contribution in [2.24, 2.45) is 0 Å². The minimum Gasteiger partial charge on any atom is -0.463 e. The van der Waals surface area contributed by atoms with Crippen LogP contribution in [0.2, 0.25) is 0 Å². The molecule has 2 aromatic rings. The molecule has 4 N–H and O–H groups in total. The fraction of sp³-hybridized carbons (Fsp3) is 0.385. The van der Waals surface area contributed by atoms with E-state index in [4.69, 9.17) is 37.9 Å². The molecule has 2 heterocycles. The molecular weight excluding hydrogens is 496 g/mol. The van der Waals surface area contributed by atoms with Gasteiger partial charge in [0, 0.05) is 26.4 Å². The van der Waals surface area contributed by atoms with Crippen molar-refractivity contribution in [1.29, 1.82) is 0 Å². The number of rotatable bonds is 14. The third-order valence-electron chi connectivity index (χ3n) is 5.89. The van der Waals surface area contributed by atoms with Crippen LogP contribution in [0.3, 0.4) is 0 Å². The number of hydrogen-bond acceptors (Lipinski definition) is 12. The summed E-state index contributed by atoms with van der Waals surface area (Å²) in [6.45, 7) is 0.253. The summed E-state index contributed by atoms with van der Waals surface area (Å²) >= 11 is 0. The van der Waals surface area contributed by atoms with Gasteiger partial charge in [-0.05, 0) is 24.3 Å². The van der Waals surface area contributed by atoms with E-state index in [9.17, 15) is 0 Å². The van der Waals surface area contributed by atoms with Gasteiger partial charge in [-0.3, -0.25) is 0 Å². The van der Waals surface area contributed by atoms with Gasteiger partial charge in [0.2, 0.25) is 0 Å². The van der Waals surface area contributed by atoms with Crippen LogP contribution in [0.4, 0.5) is 22.7 Å². The molecule has 3 aliphatic rings. The van der Waals surface area contributed by atoms with Gasteiger partial charge in [0.25, 0.3) is 0 Å². The summed E-state index contributed by atoms with van der Waals surface area (Å²) in [5.41, 5.74) is 5.87. The molecule has 204 valence electrons. The molecule has 0 radical (unpaired) electrons. The van der Waals surface area contributed by atoms with E-state index in [1.807, 2.05) is 24.3 Å². The molecule has 2 atom stereocenters. The first-order valence-corrected chi connectivity index (χ1v) is 12.1. The van der Waals surface area contributed by atoms with Gasteiger partial charge in [0.1, 0.15) is 13.6 Å². The Bertz CT molecular complexity index is 1070. The van der Waals surface area contributed by atoms with E-state index >= 15 is 0 Å². The number of ether oxygens (including phenoxy) is 8. The maximum absolute atomic E-state index is 5.85. The molecule has 38 heavy (non-hydrogen) atoms. The van der Waals surface area contributed by atoms with E-state index in [2.05, 4.69) is 45.6 Å². The van der Waals surface area contributed by atoms with Crippen molar-refractivity contribution in [3.63, 3.8) is 0 Å². The van der Waals surface area contributed by atoms with Crippen molar-refractivity contribution in [3.05, 3.63) is 59.9 Å². The van der Waals surface area contributed by atoms with Gasteiger partial charge in [-0.25, -0.2) is 0 Å². The highest BCUT2D eigenvalue weighted by molar-refractivity contribution is 5.82. The average molecular weight is 529 g/mol. The van der Waals surface area contributed by atoms with Crippen molar-refractivity contribution in [2.75, 3.05) is 76.2 Å². The SMILES string of the molecule is COCOCOCOc1cc2c(cc1OCOCOCOC)NC1C=C3Nc4ccccc4NC3=CC1N2. The highest BCUT2D eigenvalue weighted by Gasteiger charge is 2.32. The van der Waals surface area contributed by atoms with Crippen LogP contribution in [0.15, 0.2) is 59.9 Å². The minimum absolute atomic E-state index is 0.0143. The molecule has 0 saturated carbocycles. The summed E-state index contributed by atoms with van der Waals surface area (Å²) in [5, 5.41) is 14.2. The van der Waals surface area contributed by atoms with Gasteiger partial charge in [0.05, 0.1) is 46.2 Å². The largest absolute Gasteiger partial charge is 0.463 e. The topological polar surface area (TPSA) is 122 Å². The molecule has 2 aromatic carbocycles. The molecule has 12 nitrogen and oxygen atoms in total. The summed E-state index contributed by atoms with van der Waals surface area (Å²) in [7, 11) is 3.08. The fourth-order valence-corrected chi connectivity index (χ4v) is 4.23. The number of benzene rings is 2. The smallest absolute Gasteiger partial charge is 0.191 e. The Kier molecular flexibility index (Phi) is 8.81. The van der Waals surface area contributed by atoms with Crippen LogP contribution in [-0.4, -0.2) is 67.1 Å². The van der Waals surface area contributed by atoms with Crippen LogP contribution < -0.4 is 30.7 Å². The zero-order valence-corrected chi connectivity index (χ0v) is 21.3. The Labute approximate surface area is 220 Å². The highest BCUT2D eigenvalue weighted by Crippen LogP contribution is 2.42. The zero-order chi connectivity index (χ0) is 26.2. The molecule has 2 aliphatic heterocycles. The maximum atomic E-state index is 5.85. The molecule has 5 rings (SSSR count). The van der Waals surface area contributed by atoms with Crippen LogP contribution in [0.25, 0.3) is 0 Å². The van der Waals surface area contributed by atoms with E-state index < -0.39 is 0 Å². The first kappa shape index (κ1) is 26.1. The van der Waals surface area contributed by atoms with Gasteiger partial charge in [-0.2, -0.15) is 0 Å². The lowest BCUT2D eigenvalue weighted by Crippen LogP contribution is -2.44. The predicted octanol–water partition coefficient (Wildman–Crippen LogP) is 3.44. The average Bonchev–Trinajstić information content (AvgIpc) is 2.93. The fourth-order valence-electron chi connectivity index (χ4n) is 4.23. The molecule has 0 fully saturated rings. The summed E-state index contributed by atoms with van der Waals surface area (Å²) in [6, 6.07) is 11.9. The summed E-state index contributed by atoms with van der Waals surface area (Å²) in [6.07, 6.45) is 4.35. The Balaban J connectivity index is 1.29. The monoisotopic (exact) mass is 528 g/mol. The second-order valence-electron chi connectivity index (χ2n) is 8.53. The first-order chi connectivity index (χ1) is 18.7. The van der Waals surface area contributed by atoms with Crippen molar-refractivity contribution >= 4 is 22.7 Å². The quantitative estimate of drug-likeness (QED) is 0.212. The highest BCUT2D eigenvalue weighted by atomic mass is 16.8. The Hall–Kier alpha value is -3.52. The first-order valence-electron chi connectivity index (χ1n) is 12.1. The zero-order valence-electron chi connectivity index (χ0n) is 21.3. The van der Waals surface area contributed by atoms with Crippen molar-refractivity contribution < 1.29 is 37.9 Å². The van der Waals surface area contributed by atoms with Gasteiger partial charge in [-0.15, -0.1) is 0 Å². The van der Waals surface area contributed by atoms with Crippen LogP contribution >= 0.6 is 0 Å². The maximum Gasteiger partial charge on any atom is 0.191 e. The standard InChI is InChI=1S/C26H32N4O8/c1-31-11-33-13-35-15-37-25-9-23-24(10-26(25)38-16-36-14-34-12-32-2)30-22-8-20-19(7-21(22)29-23)27-17-5-3-4-6-18(17)28-20/h3-10,21-22,27-30H,11-16H2,1-2H3. The number of nitrogens with one attached hydrogen (secondary N) is 4. The van der Waals surface area contributed by atoms with Crippen LogP contribution in [0.5, 0.6) is 11.5 Å². The van der Waals surface area contributed by atoms with E-state index in [0.29, 0.717) is 11.5 Å². The minimum atomic E-state index is -0.0404. The lowest BCUT2D eigenvalue weighted by atomic mass is 9.94. The van der Waals surface area contributed by atoms with E-state index in [1.165, 1.54) is 0 Å². The number of fused-ring (bicyclic) bond motifs is 4. The van der Waals surface area contributed by atoms with Crippen molar-refractivity contribution in [1.82, 2.24) is 0 Å². The van der Waals surface area contributed by atoms with E-state index in [1.54, 1.807) is 14.2 Å². The van der Waals surface area contributed by atoms with E-state index in [-0.39, 0.29) is 52.8 Å². The lowest BCUT2D eigenvalue weighted by Gasteiger charge is -2.38. The summed E-state index contributed by atoms with van der Waals surface area (Å²) < 4.78 is 42.4. The molecule has 0 amide bonds. The van der Waals surface area contributed by atoms with Gasteiger partial charge in [0.15, 0.2) is 38.7 Å². The van der Waals surface area contributed by atoms with Crippen LogP contribution in [-0.2, 0) is 28.4 Å². The number of hydrogen-bond donors (Lipinski definition) is 4. The molecule has 0 spiro atoms. The Morgan fingerprint density at radius 3 is 1.47 bits per heavy atom. The molecule has 0 bridgehead atoms. The molecule has 0 saturated heterocycles. The second-order valence-corrected chi connectivity index (χ2v) is 8.53. The molecule has 0 aromatic heterocycles. The van der Waals surface area contributed by atoms with Crippen LogP contribution in [0.1, 0.15) is 0 Å². The molecule has 2 unspecified atom stereocenters. The third kappa shape index (κ3) is 6.30. The Morgan fingerprint density at radius 2 is 1.03 bits per heavy atom. The second kappa shape index (κ2) is 12.8. The number of methoxy groups -OCH3 is 2. The summed E-state index contributed by atoms with van der Waals surface area (Å²) in [4.78, 5) is 0. The van der Waals surface area contributed by atoms with Crippen LogP contribution in [0, 0.1) is 0 Å². The third-order valence-corrected chi connectivity index (χ3v) is 5.89. The van der Waals surface area contributed by atoms with Gasteiger partial charge < -0.3 is 59.2 Å². The number of para-hydroxylation sites is 2. The van der Waals surface area contributed by atoms with Gasteiger partial charge in [-0.1, -0.05) is 12.1 Å².